The number of hydrogen-bond acceptors (Lipinski definition) is 2. The molecule has 0 amide bonds. The first-order chi connectivity index (χ1) is 4.95. The van der Waals surface area contributed by atoms with Crippen molar-refractivity contribution in [3.8, 4) is 0 Å². The van der Waals surface area contributed by atoms with Crippen LogP contribution in [0.25, 0.3) is 0 Å². The van der Waals surface area contributed by atoms with E-state index in [0.717, 1.165) is 3.45 Å². The minimum atomic E-state index is -0.912. The number of halogens is 2. The smallest absolute Gasteiger partial charge is 0.323 e. The van der Waals surface area contributed by atoms with Gasteiger partial charge in [-0.05, 0) is 24.1 Å². The zero-order valence-electron chi connectivity index (χ0n) is 6.42. The maximum Gasteiger partial charge on any atom is 0.323 e. The monoisotopic (exact) mass is 243 g/mol. The molecular formula is C6H11BrClNO2. The second-order valence-corrected chi connectivity index (χ2v) is 4.28. The van der Waals surface area contributed by atoms with Gasteiger partial charge < -0.3 is 5.11 Å². The maximum absolute atomic E-state index is 10.5. The number of carboxylic acids is 1. The Morgan fingerprint density at radius 2 is 2.18 bits per heavy atom. The minimum Gasteiger partial charge on any atom is -0.480 e. The van der Waals surface area contributed by atoms with Crippen LogP contribution in [0.1, 0.15) is 20.3 Å². The van der Waals surface area contributed by atoms with Gasteiger partial charge in [-0.3, -0.25) is 4.79 Å². The Morgan fingerprint density at radius 3 is 2.27 bits per heavy atom. The number of nitrogens with zero attached hydrogens (tertiary/aromatic N) is 1. The fourth-order valence-electron chi connectivity index (χ4n) is 0.711. The standard InChI is InChI=1S/C6H11BrClNO2/c1-4(2)3-5(6(10)11)9(7)8/h4-5H,3H2,1-2H3,(H,10,11). The highest BCUT2D eigenvalue weighted by Crippen LogP contribution is 2.17. The molecule has 0 spiro atoms. The lowest BCUT2D eigenvalue weighted by Crippen LogP contribution is -2.30. The lowest BCUT2D eigenvalue weighted by atomic mass is 10.1. The van der Waals surface area contributed by atoms with Crippen LogP contribution in [0.5, 0.6) is 0 Å². The number of hydrogen-bond donors (Lipinski definition) is 1. The van der Waals surface area contributed by atoms with Crippen molar-refractivity contribution in [1.29, 1.82) is 0 Å². The van der Waals surface area contributed by atoms with E-state index < -0.39 is 12.0 Å². The van der Waals surface area contributed by atoms with Crippen LogP contribution in [-0.4, -0.2) is 20.6 Å². The Morgan fingerprint density at radius 1 is 1.73 bits per heavy atom. The fraction of sp³-hybridized carbons (Fsp3) is 0.833. The Kier molecular flexibility index (Phi) is 5.04. The molecule has 0 aliphatic heterocycles. The summed E-state index contributed by atoms with van der Waals surface area (Å²) in [5.74, 6) is -0.597. The van der Waals surface area contributed by atoms with Gasteiger partial charge >= 0.3 is 5.97 Å². The molecule has 0 radical (unpaired) electrons. The van der Waals surface area contributed by atoms with Crippen LogP contribution in [0.4, 0.5) is 0 Å². The second kappa shape index (κ2) is 4.95. The van der Waals surface area contributed by atoms with Gasteiger partial charge in [0.25, 0.3) is 0 Å². The molecule has 1 N–H and O–H groups in total. The van der Waals surface area contributed by atoms with Crippen molar-refractivity contribution in [3.05, 3.63) is 0 Å². The summed E-state index contributed by atoms with van der Waals surface area (Å²) in [6.45, 7) is 3.90. The number of aliphatic carboxylic acids is 1. The molecule has 0 aliphatic rings. The van der Waals surface area contributed by atoms with E-state index in [0.29, 0.717) is 12.3 Å². The van der Waals surface area contributed by atoms with Crippen molar-refractivity contribution in [3.63, 3.8) is 0 Å². The van der Waals surface area contributed by atoms with Gasteiger partial charge in [0.2, 0.25) is 0 Å². The van der Waals surface area contributed by atoms with Gasteiger partial charge in [0.05, 0.1) is 0 Å². The third kappa shape index (κ3) is 4.61. The van der Waals surface area contributed by atoms with Crippen LogP contribution in [0, 0.1) is 5.92 Å². The van der Waals surface area contributed by atoms with Gasteiger partial charge in [-0.25, -0.2) is 0 Å². The third-order valence-corrected chi connectivity index (χ3v) is 1.95. The molecule has 0 fully saturated rings. The molecule has 1 atom stereocenters. The van der Waals surface area contributed by atoms with E-state index in [-0.39, 0.29) is 0 Å². The summed E-state index contributed by atoms with van der Waals surface area (Å²) in [5, 5.41) is 8.64. The predicted molar refractivity (Wildman–Crippen MR) is 47.5 cm³/mol. The molecule has 5 heteroatoms. The first-order valence-corrected chi connectivity index (χ1v) is 4.33. The largest absolute Gasteiger partial charge is 0.480 e. The summed E-state index contributed by atoms with van der Waals surface area (Å²) in [6.07, 6.45) is 0.532. The Bertz CT molecular complexity index is 141. The van der Waals surface area contributed by atoms with Crippen LogP contribution in [0.3, 0.4) is 0 Å². The lowest BCUT2D eigenvalue weighted by molar-refractivity contribution is -0.140. The molecule has 66 valence electrons. The zero-order chi connectivity index (χ0) is 9.02. The van der Waals surface area contributed by atoms with E-state index in [1.165, 1.54) is 0 Å². The molecule has 0 aromatic carbocycles. The first-order valence-electron chi connectivity index (χ1n) is 3.28. The molecular weight excluding hydrogens is 233 g/mol. The highest BCUT2D eigenvalue weighted by Gasteiger charge is 2.23. The molecule has 0 aromatic heterocycles. The summed E-state index contributed by atoms with van der Waals surface area (Å²) >= 11 is 8.34. The van der Waals surface area contributed by atoms with Crippen molar-refractivity contribution in [2.45, 2.75) is 26.3 Å². The second-order valence-electron chi connectivity index (χ2n) is 2.74. The normalized spacial score (nSPS) is 14.0. The molecule has 0 bridgehead atoms. The summed E-state index contributed by atoms with van der Waals surface area (Å²) in [4.78, 5) is 10.5. The number of carbonyl (C=O) groups is 1. The van der Waals surface area contributed by atoms with Crippen LogP contribution in [0.15, 0.2) is 0 Å². The van der Waals surface area contributed by atoms with Gasteiger partial charge in [-0.1, -0.05) is 13.8 Å². The fourth-order valence-corrected chi connectivity index (χ4v) is 1.22. The van der Waals surface area contributed by atoms with E-state index in [2.05, 4.69) is 16.1 Å². The highest BCUT2D eigenvalue weighted by molar-refractivity contribution is 9.08. The zero-order valence-corrected chi connectivity index (χ0v) is 8.76. The molecule has 11 heavy (non-hydrogen) atoms. The molecule has 0 aromatic rings. The van der Waals surface area contributed by atoms with Crippen molar-refractivity contribution in [2.24, 2.45) is 5.92 Å². The van der Waals surface area contributed by atoms with Gasteiger partial charge in [0, 0.05) is 16.1 Å². The maximum atomic E-state index is 10.5. The number of rotatable bonds is 4. The minimum absolute atomic E-state index is 0.315. The Hall–Kier alpha value is 0.200. The SMILES string of the molecule is CC(C)CC(C(=O)O)N(Cl)Br. The van der Waals surface area contributed by atoms with Crippen molar-refractivity contribution < 1.29 is 9.90 Å². The molecule has 1 unspecified atom stereocenters. The summed E-state index contributed by atoms with van der Waals surface area (Å²) in [7, 11) is 0. The molecule has 0 heterocycles. The predicted octanol–water partition coefficient (Wildman–Crippen LogP) is 2.25. The highest BCUT2D eigenvalue weighted by atomic mass is 79.9. The van der Waals surface area contributed by atoms with Crippen LogP contribution in [0.2, 0.25) is 0 Å². The van der Waals surface area contributed by atoms with E-state index in [1.54, 1.807) is 0 Å². The van der Waals surface area contributed by atoms with Gasteiger partial charge in [0.15, 0.2) is 0 Å². The first kappa shape index (κ1) is 11.2. The van der Waals surface area contributed by atoms with E-state index in [9.17, 15) is 4.79 Å². The summed E-state index contributed by atoms with van der Waals surface area (Å²) in [6, 6.07) is -0.656. The molecule has 0 saturated carbocycles. The van der Waals surface area contributed by atoms with Crippen molar-refractivity contribution >= 4 is 33.9 Å². The quantitative estimate of drug-likeness (QED) is 0.771. The van der Waals surface area contributed by atoms with Crippen LogP contribution >= 0.6 is 27.9 Å². The summed E-state index contributed by atoms with van der Waals surface area (Å²) in [5.41, 5.74) is 0. The molecule has 0 aliphatic carbocycles. The summed E-state index contributed by atoms with van der Waals surface area (Å²) < 4.78 is 1.02. The topological polar surface area (TPSA) is 40.5 Å². The molecule has 0 rings (SSSR count). The Labute approximate surface area is 79.8 Å². The molecule has 3 nitrogen and oxygen atoms in total. The van der Waals surface area contributed by atoms with Crippen LogP contribution < -0.4 is 0 Å². The number of carboxylic acid groups (broad SMARTS) is 1. The average molecular weight is 245 g/mol. The van der Waals surface area contributed by atoms with Crippen molar-refractivity contribution in [2.75, 3.05) is 0 Å². The Balaban J connectivity index is 4.01. The lowest BCUT2D eigenvalue weighted by Gasteiger charge is -2.16. The average Bonchev–Trinajstić information content (AvgIpc) is 1.81. The van der Waals surface area contributed by atoms with Crippen molar-refractivity contribution in [1.82, 2.24) is 3.45 Å². The third-order valence-electron chi connectivity index (χ3n) is 1.22. The van der Waals surface area contributed by atoms with E-state index in [4.69, 9.17) is 16.9 Å². The van der Waals surface area contributed by atoms with E-state index in [1.807, 2.05) is 13.8 Å². The van der Waals surface area contributed by atoms with Gasteiger partial charge in [-0.2, -0.15) is 0 Å². The van der Waals surface area contributed by atoms with Crippen LogP contribution in [-0.2, 0) is 4.79 Å². The van der Waals surface area contributed by atoms with E-state index >= 15 is 0 Å². The van der Waals surface area contributed by atoms with Gasteiger partial charge in [-0.15, -0.1) is 3.45 Å². The van der Waals surface area contributed by atoms with Gasteiger partial charge in [0.1, 0.15) is 6.04 Å². The molecule has 0 saturated heterocycles.